The largest absolute Gasteiger partial charge is 0.432 e. The minimum atomic E-state index is -0.520. The van der Waals surface area contributed by atoms with Crippen molar-refractivity contribution in [2.45, 2.75) is 13.2 Å². The third kappa shape index (κ3) is 5.48. The van der Waals surface area contributed by atoms with Crippen molar-refractivity contribution in [1.82, 2.24) is 15.0 Å². The summed E-state index contributed by atoms with van der Waals surface area (Å²) in [5.74, 6) is -0.684. The van der Waals surface area contributed by atoms with E-state index in [0.29, 0.717) is 34.4 Å². The average molecular weight is 487 g/mol. The van der Waals surface area contributed by atoms with E-state index in [0.717, 1.165) is 5.56 Å². The number of carbonyl (C=O) groups excluding carboxylic acids is 1. The van der Waals surface area contributed by atoms with Crippen LogP contribution in [0.5, 0.6) is 0 Å². The lowest BCUT2D eigenvalue weighted by Gasteiger charge is -2.02. The zero-order valence-electron chi connectivity index (χ0n) is 18.3. The Hall–Kier alpha value is -4.21. The Balaban J connectivity index is 1.36. The van der Waals surface area contributed by atoms with Crippen LogP contribution in [0.25, 0.3) is 22.6 Å². The van der Waals surface area contributed by atoms with Crippen LogP contribution < -0.4 is 5.32 Å². The molecule has 0 aliphatic carbocycles. The molecule has 1 amide bonds. The molecule has 0 fully saturated rings. The Morgan fingerprint density at radius 2 is 1.74 bits per heavy atom. The SMILES string of the molecule is O=C(Nc1nc(-c2ccccn2)cs1)c1oc(COCc2ccccc2)nc1-c1ccc(F)cc1. The molecule has 3 heterocycles. The van der Waals surface area contributed by atoms with Gasteiger partial charge in [0.15, 0.2) is 5.13 Å². The highest BCUT2D eigenvalue weighted by Gasteiger charge is 2.23. The van der Waals surface area contributed by atoms with E-state index in [-0.39, 0.29) is 24.1 Å². The molecule has 7 nitrogen and oxygen atoms in total. The molecule has 5 aromatic rings. The fourth-order valence-electron chi connectivity index (χ4n) is 3.33. The van der Waals surface area contributed by atoms with Gasteiger partial charge in [0.05, 0.1) is 12.3 Å². The summed E-state index contributed by atoms with van der Waals surface area (Å²) in [5.41, 5.74) is 3.19. The molecule has 5 rings (SSSR count). The Morgan fingerprint density at radius 1 is 0.943 bits per heavy atom. The highest BCUT2D eigenvalue weighted by atomic mass is 32.1. The first kappa shape index (κ1) is 22.6. The molecule has 2 aromatic carbocycles. The first-order valence-corrected chi connectivity index (χ1v) is 11.6. The first-order chi connectivity index (χ1) is 17.2. The number of ether oxygens (including phenoxy) is 1. The Bertz CT molecular complexity index is 1420. The Morgan fingerprint density at radius 3 is 2.51 bits per heavy atom. The summed E-state index contributed by atoms with van der Waals surface area (Å²) in [6.45, 7) is 0.434. The predicted molar refractivity (Wildman–Crippen MR) is 130 cm³/mol. The summed E-state index contributed by atoms with van der Waals surface area (Å²) in [4.78, 5) is 26.3. The van der Waals surface area contributed by atoms with Crippen molar-refractivity contribution < 1.29 is 18.3 Å². The van der Waals surface area contributed by atoms with Crippen molar-refractivity contribution >= 4 is 22.4 Å². The van der Waals surface area contributed by atoms with Gasteiger partial charge >= 0.3 is 0 Å². The van der Waals surface area contributed by atoms with E-state index in [1.807, 2.05) is 53.9 Å². The molecular weight excluding hydrogens is 467 g/mol. The fraction of sp³-hybridized carbons (Fsp3) is 0.0769. The fourth-order valence-corrected chi connectivity index (χ4v) is 4.03. The van der Waals surface area contributed by atoms with E-state index in [9.17, 15) is 9.18 Å². The smallest absolute Gasteiger partial charge is 0.295 e. The van der Waals surface area contributed by atoms with Gasteiger partial charge in [-0.15, -0.1) is 11.3 Å². The van der Waals surface area contributed by atoms with E-state index in [4.69, 9.17) is 9.15 Å². The third-order valence-electron chi connectivity index (χ3n) is 4.98. The number of nitrogens with zero attached hydrogens (tertiary/aromatic N) is 3. The zero-order chi connectivity index (χ0) is 24.0. The molecule has 0 atom stereocenters. The van der Waals surface area contributed by atoms with E-state index in [2.05, 4.69) is 20.3 Å². The lowest BCUT2D eigenvalue weighted by Crippen LogP contribution is -2.12. The van der Waals surface area contributed by atoms with Gasteiger partial charge < -0.3 is 9.15 Å². The van der Waals surface area contributed by atoms with E-state index in [1.165, 1.54) is 23.5 Å². The number of aromatic nitrogens is 3. The molecule has 0 aliphatic heterocycles. The highest BCUT2D eigenvalue weighted by molar-refractivity contribution is 7.14. The number of pyridine rings is 1. The third-order valence-corrected chi connectivity index (χ3v) is 5.74. The topological polar surface area (TPSA) is 90.1 Å². The number of hydrogen-bond acceptors (Lipinski definition) is 7. The molecule has 0 radical (unpaired) electrons. The number of carbonyl (C=O) groups is 1. The second kappa shape index (κ2) is 10.4. The maximum atomic E-state index is 13.5. The van der Waals surface area contributed by atoms with Crippen LogP contribution in [0.1, 0.15) is 22.0 Å². The van der Waals surface area contributed by atoms with Gasteiger partial charge in [-0.3, -0.25) is 15.1 Å². The van der Waals surface area contributed by atoms with Crippen LogP contribution in [0, 0.1) is 5.82 Å². The summed E-state index contributed by atoms with van der Waals surface area (Å²) in [6, 6.07) is 20.9. The number of hydrogen-bond donors (Lipinski definition) is 1. The first-order valence-electron chi connectivity index (χ1n) is 10.7. The van der Waals surface area contributed by atoms with E-state index in [1.54, 1.807) is 18.3 Å². The Labute approximate surface area is 204 Å². The van der Waals surface area contributed by atoms with Crippen molar-refractivity contribution in [3.8, 4) is 22.6 Å². The molecule has 35 heavy (non-hydrogen) atoms. The number of rotatable bonds is 8. The van der Waals surface area contributed by atoms with Crippen LogP contribution in [-0.4, -0.2) is 20.9 Å². The number of oxazole rings is 1. The zero-order valence-corrected chi connectivity index (χ0v) is 19.2. The number of nitrogens with one attached hydrogen (secondary N) is 1. The van der Waals surface area contributed by atoms with Crippen LogP contribution in [0.2, 0.25) is 0 Å². The van der Waals surface area contributed by atoms with Gasteiger partial charge in [-0.05, 0) is 42.0 Å². The lowest BCUT2D eigenvalue weighted by atomic mass is 10.1. The van der Waals surface area contributed by atoms with Crippen molar-refractivity contribution in [3.05, 3.63) is 107 Å². The maximum absolute atomic E-state index is 13.5. The average Bonchev–Trinajstić information content (AvgIpc) is 3.53. The minimum absolute atomic E-state index is 0.00972. The van der Waals surface area contributed by atoms with Crippen LogP contribution in [0.3, 0.4) is 0 Å². The normalized spacial score (nSPS) is 10.9. The minimum Gasteiger partial charge on any atom is -0.432 e. The number of benzene rings is 2. The van der Waals surface area contributed by atoms with Gasteiger partial charge in [0, 0.05) is 17.1 Å². The number of anilines is 1. The molecule has 0 saturated heterocycles. The van der Waals surface area contributed by atoms with Crippen molar-refractivity contribution in [3.63, 3.8) is 0 Å². The van der Waals surface area contributed by atoms with Gasteiger partial charge in [-0.25, -0.2) is 14.4 Å². The van der Waals surface area contributed by atoms with Gasteiger partial charge in [-0.2, -0.15) is 0 Å². The van der Waals surface area contributed by atoms with Crippen molar-refractivity contribution in [2.24, 2.45) is 0 Å². The molecule has 3 aromatic heterocycles. The summed E-state index contributed by atoms with van der Waals surface area (Å²) in [5, 5.41) is 4.95. The monoisotopic (exact) mass is 486 g/mol. The van der Waals surface area contributed by atoms with Gasteiger partial charge in [0.1, 0.15) is 23.8 Å². The number of amides is 1. The lowest BCUT2D eigenvalue weighted by molar-refractivity contribution is 0.0860. The predicted octanol–water partition coefficient (Wildman–Crippen LogP) is 5.97. The van der Waals surface area contributed by atoms with Crippen LogP contribution in [0.4, 0.5) is 9.52 Å². The molecule has 0 aliphatic rings. The summed E-state index contributed by atoms with van der Waals surface area (Å²) in [7, 11) is 0. The summed E-state index contributed by atoms with van der Waals surface area (Å²) in [6.07, 6.45) is 1.68. The van der Waals surface area contributed by atoms with E-state index < -0.39 is 5.91 Å². The van der Waals surface area contributed by atoms with Crippen molar-refractivity contribution in [1.29, 1.82) is 0 Å². The second-order valence-electron chi connectivity index (χ2n) is 7.48. The standard InChI is InChI=1S/C26H19FN4O3S/c27-19-11-9-18(10-12-19)23-24(34-22(30-23)15-33-14-17-6-2-1-3-7-17)25(32)31-26-29-21(16-35-26)20-8-4-5-13-28-20/h1-13,16H,14-15H2,(H,29,31,32). The second-order valence-corrected chi connectivity index (χ2v) is 8.34. The Kier molecular flexibility index (Phi) is 6.69. The molecule has 0 saturated carbocycles. The van der Waals surface area contributed by atoms with Gasteiger partial charge in [0.2, 0.25) is 11.7 Å². The maximum Gasteiger partial charge on any atom is 0.295 e. The summed E-state index contributed by atoms with van der Waals surface area (Å²) >= 11 is 1.27. The number of halogens is 1. The molecule has 0 unspecified atom stereocenters. The number of thiazole rings is 1. The van der Waals surface area contributed by atoms with Crippen molar-refractivity contribution in [2.75, 3.05) is 5.32 Å². The highest BCUT2D eigenvalue weighted by Crippen LogP contribution is 2.28. The molecule has 1 N–H and O–H groups in total. The van der Waals surface area contributed by atoms with Crippen LogP contribution in [0.15, 0.2) is 88.8 Å². The molecule has 0 bridgehead atoms. The van der Waals surface area contributed by atoms with Gasteiger partial charge in [-0.1, -0.05) is 36.4 Å². The summed E-state index contributed by atoms with van der Waals surface area (Å²) < 4.78 is 25.0. The van der Waals surface area contributed by atoms with Crippen LogP contribution in [-0.2, 0) is 18.0 Å². The van der Waals surface area contributed by atoms with Gasteiger partial charge in [0.25, 0.3) is 5.91 Å². The molecular formula is C26H19FN4O3S. The van der Waals surface area contributed by atoms with Crippen LogP contribution >= 0.6 is 11.3 Å². The molecule has 0 spiro atoms. The molecule has 9 heteroatoms. The quantitative estimate of drug-likeness (QED) is 0.291. The van der Waals surface area contributed by atoms with E-state index >= 15 is 0 Å². The molecule has 174 valence electrons.